The Balaban J connectivity index is 1.39. The van der Waals surface area contributed by atoms with Gasteiger partial charge in [0.2, 0.25) is 0 Å². The number of benzene rings is 2. The standard InChI is InChI=1S/C24H24FN3O2/c1-15(29)24(30-22-7-3-5-20-17(22)8-11-26-20)28-12-9-16(10-13-28)18-14-27-21-6-2-4-19(25)23(18)21/h2-9,11,14-15,24,26-27,29H,10,12-13H2,1H3. The zero-order chi connectivity index (χ0) is 20.7. The quantitative estimate of drug-likeness (QED) is 0.452. The second-order valence-electron chi connectivity index (χ2n) is 7.78. The lowest BCUT2D eigenvalue weighted by molar-refractivity contribution is -0.0528. The lowest BCUT2D eigenvalue weighted by atomic mass is 9.98. The maximum absolute atomic E-state index is 14.4. The normalized spacial score (nSPS) is 17.2. The van der Waals surface area contributed by atoms with Gasteiger partial charge in [0.1, 0.15) is 17.7 Å². The topological polar surface area (TPSA) is 64.3 Å². The first-order valence-corrected chi connectivity index (χ1v) is 10.2. The molecule has 6 heteroatoms. The highest BCUT2D eigenvalue weighted by Crippen LogP contribution is 2.32. The van der Waals surface area contributed by atoms with Crippen LogP contribution in [-0.2, 0) is 0 Å². The third kappa shape index (κ3) is 3.28. The number of H-pyrrole nitrogens is 2. The second-order valence-corrected chi connectivity index (χ2v) is 7.78. The summed E-state index contributed by atoms with van der Waals surface area (Å²) in [4.78, 5) is 8.46. The Morgan fingerprint density at radius 3 is 2.73 bits per heavy atom. The molecule has 3 N–H and O–H groups in total. The number of fused-ring (bicyclic) bond motifs is 2. The van der Waals surface area contributed by atoms with E-state index in [1.165, 1.54) is 6.07 Å². The van der Waals surface area contributed by atoms with Crippen molar-refractivity contribution in [2.24, 2.45) is 0 Å². The molecule has 3 heterocycles. The van der Waals surface area contributed by atoms with Crippen molar-refractivity contribution >= 4 is 27.4 Å². The van der Waals surface area contributed by atoms with E-state index >= 15 is 0 Å². The Kier molecular flexibility index (Phi) is 4.81. The number of ether oxygens (including phenoxy) is 1. The highest BCUT2D eigenvalue weighted by Gasteiger charge is 2.28. The predicted octanol–water partition coefficient (Wildman–Crippen LogP) is 4.66. The van der Waals surface area contributed by atoms with Gasteiger partial charge in [-0.3, -0.25) is 4.90 Å². The van der Waals surface area contributed by atoms with Crippen LogP contribution in [0, 0.1) is 5.82 Å². The summed E-state index contributed by atoms with van der Waals surface area (Å²) >= 11 is 0. The molecule has 0 aliphatic carbocycles. The van der Waals surface area contributed by atoms with Crippen LogP contribution in [0.15, 0.2) is 60.9 Å². The number of hydrogen-bond donors (Lipinski definition) is 3. The van der Waals surface area contributed by atoms with Crippen molar-refractivity contribution in [2.45, 2.75) is 25.7 Å². The van der Waals surface area contributed by atoms with Gasteiger partial charge in [-0.25, -0.2) is 4.39 Å². The minimum Gasteiger partial charge on any atom is -0.472 e. The number of hydrogen-bond acceptors (Lipinski definition) is 3. The zero-order valence-electron chi connectivity index (χ0n) is 16.7. The van der Waals surface area contributed by atoms with E-state index in [1.807, 2.05) is 42.7 Å². The number of rotatable bonds is 5. The average Bonchev–Trinajstić information content (AvgIpc) is 3.40. The molecule has 5 rings (SSSR count). The lowest BCUT2D eigenvalue weighted by Crippen LogP contribution is -2.48. The van der Waals surface area contributed by atoms with Gasteiger partial charge in [0.05, 0.1) is 0 Å². The van der Waals surface area contributed by atoms with E-state index in [-0.39, 0.29) is 5.82 Å². The first-order valence-electron chi connectivity index (χ1n) is 10.2. The number of aromatic nitrogens is 2. The molecule has 2 atom stereocenters. The average molecular weight is 405 g/mol. The van der Waals surface area contributed by atoms with Gasteiger partial charge >= 0.3 is 0 Å². The van der Waals surface area contributed by atoms with Crippen LogP contribution >= 0.6 is 0 Å². The Morgan fingerprint density at radius 1 is 1.10 bits per heavy atom. The van der Waals surface area contributed by atoms with Crippen molar-refractivity contribution in [2.75, 3.05) is 13.1 Å². The van der Waals surface area contributed by atoms with Crippen molar-refractivity contribution in [3.05, 3.63) is 72.3 Å². The smallest absolute Gasteiger partial charge is 0.178 e. The fraction of sp³-hybridized carbons (Fsp3) is 0.250. The molecule has 0 spiro atoms. The molecular formula is C24H24FN3O2. The van der Waals surface area contributed by atoms with E-state index in [0.29, 0.717) is 18.5 Å². The highest BCUT2D eigenvalue weighted by molar-refractivity contribution is 5.93. The molecule has 30 heavy (non-hydrogen) atoms. The molecule has 4 aromatic rings. The minimum absolute atomic E-state index is 0.211. The van der Waals surface area contributed by atoms with Crippen molar-refractivity contribution < 1.29 is 14.2 Å². The largest absolute Gasteiger partial charge is 0.472 e. The molecule has 0 saturated heterocycles. The molecule has 2 aromatic carbocycles. The van der Waals surface area contributed by atoms with Crippen LogP contribution in [0.3, 0.4) is 0 Å². The maximum Gasteiger partial charge on any atom is 0.178 e. The van der Waals surface area contributed by atoms with Crippen LogP contribution in [0.5, 0.6) is 5.75 Å². The van der Waals surface area contributed by atoms with Crippen LogP contribution in [0.1, 0.15) is 18.9 Å². The number of nitrogens with one attached hydrogen (secondary N) is 2. The van der Waals surface area contributed by atoms with E-state index < -0.39 is 12.3 Å². The van der Waals surface area contributed by atoms with Gasteiger partial charge < -0.3 is 19.8 Å². The van der Waals surface area contributed by atoms with Gasteiger partial charge in [0.15, 0.2) is 6.23 Å². The van der Waals surface area contributed by atoms with E-state index in [0.717, 1.165) is 39.7 Å². The van der Waals surface area contributed by atoms with Gasteiger partial charge in [-0.2, -0.15) is 0 Å². The highest BCUT2D eigenvalue weighted by atomic mass is 19.1. The van der Waals surface area contributed by atoms with Gasteiger partial charge in [-0.1, -0.05) is 18.2 Å². The molecule has 5 nitrogen and oxygen atoms in total. The first kappa shape index (κ1) is 18.9. The summed E-state index contributed by atoms with van der Waals surface area (Å²) in [5.41, 5.74) is 3.83. The fourth-order valence-electron chi connectivity index (χ4n) is 4.32. The summed E-state index contributed by atoms with van der Waals surface area (Å²) in [5.74, 6) is 0.532. The fourth-order valence-corrected chi connectivity index (χ4v) is 4.32. The number of halogens is 1. The SMILES string of the molecule is CC(O)C(Oc1cccc2[nH]ccc12)N1CC=C(c2c[nH]c3cccc(F)c23)CC1. The third-order valence-corrected chi connectivity index (χ3v) is 5.82. The number of nitrogens with zero attached hydrogens (tertiary/aromatic N) is 1. The lowest BCUT2D eigenvalue weighted by Gasteiger charge is -2.35. The first-order chi connectivity index (χ1) is 14.6. The predicted molar refractivity (Wildman–Crippen MR) is 117 cm³/mol. The van der Waals surface area contributed by atoms with Crippen molar-refractivity contribution in [3.8, 4) is 5.75 Å². The van der Waals surface area contributed by atoms with E-state index in [1.54, 1.807) is 13.0 Å². The monoisotopic (exact) mass is 405 g/mol. The molecule has 154 valence electrons. The van der Waals surface area contributed by atoms with Crippen molar-refractivity contribution in [1.82, 2.24) is 14.9 Å². The minimum atomic E-state index is -0.667. The van der Waals surface area contributed by atoms with Crippen LogP contribution in [-0.4, -0.2) is 45.4 Å². The molecule has 0 saturated carbocycles. The summed E-state index contributed by atoms with van der Waals surface area (Å²) in [7, 11) is 0. The Hall–Kier alpha value is -3.09. The molecule has 0 bridgehead atoms. The molecule has 2 unspecified atom stereocenters. The van der Waals surface area contributed by atoms with Crippen molar-refractivity contribution in [3.63, 3.8) is 0 Å². The Morgan fingerprint density at radius 2 is 1.93 bits per heavy atom. The number of aliphatic hydroxyl groups is 1. The molecular weight excluding hydrogens is 381 g/mol. The summed E-state index contributed by atoms with van der Waals surface area (Å²) in [5, 5.41) is 12.1. The summed E-state index contributed by atoms with van der Waals surface area (Å²) in [6, 6.07) is 12.9. The second kappa shape index (κ2) is 7.63. The maximum atomic E-state index is 14.4. The third-order valence-electron chi connectivity index (χ3n) is 5.82. The van der Waals surface area contributed by atoms with Crippen molar-refractivity contribution in [1.29, 1.82) is 0 Å². The number of aliphatic hydroxyl groups excluding tert-OH is 1. The van der Waals surface area contributed by atoms with Gasteiger partial charge in [0.25, 0.3) is 0 Å². The van der Waals surface area contributed by atoms with Crippen LogP contribution < -0.4 is 4.74 Å². The summed E-state index contributed by atoms with van der Waals surface area (Å²) in [6.07, 6.45) is 5.48. The molecule has 2 aromatic heterocycles. The van der Waals surface area contributed by atoms with Gasteiger partial charge in [-0.15, -0.1) is 0 Å². The molecule has 1 aliphatic heterocycles. The Labute approximate surface area is 173 Å². The van der Waals surface area contributed by atoms with Crippen LogP contribution in [0.25, 0.3) is 27.4 Å². The molecule has 0 amide bonds. The van der Waals surface area contributed by atoms with E-state index in [2.05, 4.69) is 20.9 Å². The molecule has 1 aliphatic rings. The molecule has 0 radical (unpaired) electrons. The Bertz CT molecular complexity index is 1220. The van der Waals surface area contributed by atoms with Gasteiger partial charge in [0, 0.05) is 52.9 Å². The van der Waals surface area contributed by atoms with Crippen LogP contribution in [0.4, 0.5) is 4.39 Å². The van der Waals surface area contributed by atoms with Crippen LogP contribution in [0.2, 0.25) is 0 Å². The summed E-state index contributed by atoms with van der Waals surface area (Å²) < 4.78 is 20.6. The van der Waals surface area contributed by atoms with E-state index in [4.69, 9.17) is 4.74 Å². The van der Waals surface area contributed by atoms with E-state index in [9.17, 15) is 9.50 Å². The number of aromatic amines is 2. The summed E-state index contributed by atoms with van der Waals surface area (Å²) in [6.45, 7) is 3.08. The van der Waals surface area contributed by atoms with Gasteiger partial charge in [-0.05, 0) is 49.2 Å². The zero-order valence-corrected chi connectivity index (χ0v) is 16.7. The molecule has 0 fully saturated rings.